The molecular weight excluding hydrogens is 580 g/mol. The van der Waals surface area contributed by atoms with Gasteiger partial charge in [-0.25, -0.2) is 14.2 Å². The molecule has 1 aliphatic heterocycles. The molecule has 2 aromatic rings. The molecule has 1 amide bonds. The van der Waals surface area contributed by atoms with Gasteiger partial charge in [0.2, 0.25) is 11.9 Å². The lowest BCUT2D eigenvalue weighted by Gasteiger charge is -2.37. The number of phosphoric ester groups is 1. The summed E-state index contributed by atoms with van der Waals surface area (Å²) >= 11 is 0. The van der Waals surface area contributed by atoms with Gasteiger partial charge in [-0.05, 0) is 27.7 Å². The van der Waals surface area contributed by atoms with E-state index in [-0.39, 0.29) is 60.5 Å². The number of carbonyl (C=O) groups is 1. The van der Waals surface area contributed by atoms with Gasteiger partial charge in [-0.15, -0.1) is 0 Å². The lowest BCUT2D eigenvalue weighted by Crippen LogP contribution is -2.36. The second-order valence-corrected chi connectivity index (χ2v) is 12.9. The van der Waals surface area contributed by atoms with Crippen LogP contribution in [0.3, 0.4) is 0 Å². The molecule has 0 bridgehead atoms. The van der Waals surface area contributed by atoms with Crippen LogP contribution in [0.4, 0.5) is 5.95 Å². The molecule has 4 N–H and O–H groups in total. The van der Waals surface area contributed by atoms with E-state index in [4.69, 9.17) is 23.6 Å². The van der Waals surface area contributed by atoms with Gasteiger partial charge in [0.1, 0.15) is 12.3 Å². The maximum Gasteiger partial charge on any atom is 0.469 e. The van der Waals surface area contributed by atoms with Gasteiger partial charge in [-0.1, -0.05) is 13.8 Å². The molecule has 41 heavy (non-hydrogen) atoms. The average Bonchev–Trinajstić information content (AvgIpc) is 3.46. The van der Waals surface area contributed by atoms with Crippen molar-refractivity contribution >= 4 is 39.4 Å². The quantitative estimate of drug-likeness (QED) is 0.177. The Morgan fingerprint density at radius 1 is 1.34 bits per heavy atom. The smallest absolute Gasteiger partial charge is 0.349 e. The number of nitriles is 1. The lowest BCUT2D eigenvalue weighted by molar-refractivity contribution is -0.118. The van der Waals surface area contributed by atoms with Crippen LogP contribution < -0.4 is 10.9 Å². The number of aromatic nitrogens is 4. The number of phosphoric acid groups is 1. The topological polar surface area (TPSA) is 214 Å². The first-order valence-corrected chi connectivity index (χ1v) is 15.8. The number of carbonyl (C=O) groups excluding carboxylic acids is 1. The Morgan fingerprint density at radius 3 is 2.61 bits per heavy atom. The van der Waals surface area contributed by atoms with Gasteiger partial charge in [0.05, 0.1) is 38.1 Å². The van der Waals surface area contributed by atoms with E-state index in [2.05, 4.69) is 20.3 Å². The van der Waals surface area contributed by atoms with Gasteiger partial charge in [-0.2, -0.15) is 10.2 Å². The van der Waals surface area contributed by atoms with Crippen molar-refractivity contribution in [2.75, 3.05) is 18.5 Å². The Balaban J connectivity index is 1.95. The standard InChI is InChI=1S/C23H37N7O9P2/c1-13(2)21(31)27-23-26-20-19(22(32)28-23)25-12-29(20)18-10-16(17(38-18)11-37-41(33,34)35)39-40(36-9-7-8-24)30(14(3)4)15(5)6/h12-18H,7,9-11H2,1-6H3,(H2,33,34,35)(H2,26,27,28,31,32)/t16-,17+,18+,40?/m0/s1. The Bertz CT molecular complexity index is 1330. The number of imidazole rings is 1. The third-order valence-corrected chi connectivity index (χ3v) is 8.62. The first-order valence-electron chi connectivity index (χ1n) is 13.1. The van der Waals surface area contributed by atoms with Crippen molar-refractivity contribution in [3.8, 4) is 6.07 Å². The average molecular weight is 618 g/mol. The van der Waals surface area contributed by atoms with Crippen molar-refractivity contribution in [3.63, 3.8) is 0 Å². The zero-order chi connectivity index (χ0) is 30.5. The minimum atomic E-state index is -4.83. The van der Waals surface area contributed by atoms with Gasteiger partial charge in [0.15, 0.2) is 11.2 Å². The molecule has 0 aromatic carbocycles. The van der Waals surface area contributed by atoms with E-state index in [1.54, 1.807) is 13.8 Å². The van der Waals surface area contributed by atoms with Gasteiger partial charge < -0.3 is 23.6 Å². The van der Waals surface area contributed by atoms with E-state index in [1.165, 1.54) is 10.9 Å². The molecule has 1 unspecified atom stereocenters. The van der Waals surface area contributed by atoms with Crippen LogP contribution >= 0.6 is 16.3 Å². The Labute approximate surface area is 238 Å². The van der Waals surface area contributed by atoms with E-state index < -0.39 is 47.0 Å². The molecule has 18 heteroatoms. The van der Waals surface area contributed by atoms with E-state index in [1.807, 2.05) is 38.4 Å². The third-order valence-electron chi connectivity index (χ3n) is 5.98. The van der Waals surface area contributed by atoms with Crippen LogP contribution in [0, 0.1) is 17.2 Å². The largest absolute Gasteiger partial charge is 0.469 e. The van der Waals surface area contributed by atoms with Crippen molar-refractivity contribution in [1.29, 1.82) is 5.26 Å². The van der Waals surface area contributed by atoms with Gasteiger partial charge >= 0.3 is 7.82 Å². The van der Waals surface area contributed by atoms with Gasteiger partial charge in [0, 0.05) is 24.4 Å². The number of amides is 1. The molecule has 0 spiro atoms. The predicted octanol–water partition coefficient (Wildman–Crippen LogP) is 2.77. The van der Waals surface area contributed by atoms with Crippen LogP contribution in [0.25, 0.3) is 11.2 Å². The summed E-state index contributed by atoms with van der Waals surface area (Å²) in [4.78, 5) is 54.5. The lowest BCUT2D eigenvalue weighted by atomic mass is 10.2. The first kappa shape index (κ1) is 33.2. The molecule has 0 radical (unpaired) electrons. The van der Waals surface area contributed by atoms with Gasteiger partial charge in [0.25, 0.3) is 14.1 Å². The summed E-state index contributed by atoms with van der Waals surface area (Å²) in [5.74, 6) is -0.759. The minimum absolute atomic E-state index is 0.0106. The Hall–Kier alpha value is -2.31. The number of rotatable bonds is 14. The van der Waals surface area contributed by atoms with Crippen LogP contribution in [0.2, 0.25) is 0 Å². The highest BCUT2D eigenvalue weighted by Crippen LogP contribution is 2.50. The molecule has 1 aliphatic rings. The normalized spacial score (nSPS) is 20.4. The summed E-state index contributed by atoms with van der Waals surface area (Å²) in [7, 11) is -6.55. The fraction of sp³-hybridized carbons (Fsp3) is 0.696. The number of aromatic amines is 1. The molecule has 1 fully saturated rings. The van der Waals surface area contributed by atoms with Gasteiger partial charge in [-0.3, -0.25) is 29.0 Å². The SMILES string of the molecule is CC(C)C(=O)Nc1nc2c(ncn2[C@H]2C[C@H](OP(OCCC#N)N(C(C)C)C(C)C)[C@@H](COP(=O)(O)O)O2)c(=O)[nH]1. The molecule has 228 valence electrons. The maximum absolute atomic E-state index is 12.7. The van der Waals surface area contributed by atoms with Crippen LogP contribution in [0.1, 0.15) is 60.6 Å². The summed E-state index contributed by atoms with van der Waals surface area (Å²) in [5.41, 5.74) is -0.429. The molecule has 1 saturated heterocycles. The number of nitrogens with zero attached hydrogens (tertiary/aromatic N) is 5. The number of fused-ring (bicyclic) bond motifs is 1. The molecule has 4 atom stereocenters. The van der Waals surface area contributed by atoms with Crippen LogP contribution in [0.5, 0.6) is 0 Å². The summed E-state index contributed by atoms with van der Waals surface area (Å²) in [6.45, 7) is 10.9. The highest BCUT2D eigenvalue weighted by molar-refractivity contribution is 7.46. The van der Waals surface area contributed by atoms with Crippen molar-refractivity contribution in [2.45, 2.75) is 84.9 Å². The highest BCUT2D eigenvalue weighted by atomic mass is 31.2. The number of ether oxygens (including phenoxy) is 1. The van der Waals surface area contributed by atoms with E-state index in [0.717, 1.165) is 0 Å². The van der Waals surface area contributed by atoms with Crippen LogP contribution in [-0.4, -0.2) is 77.4 Å². The number of anilines is 1. The highest BCUT2D eigenvalue weighted by Gasteiger charge is 2.42. The summed E-state index contributed by atoms with van der Waals surface area (Å²) < 4.78 is 38.3. The van der Waals surface area contributed by atoms with E-state index in [0.29, 0.717) is 0 Å². The minimum Gasteiger partial charge on any atom is -0.349 e. The van der Waals surface area contributed by atoms with E-state index in [9.17, 15) is 23.9 Å². The summed E-state index contributed by atoms with van der Waals surface area (Å²) in [5, 5.41) is 11.6. The maximum atomic E-state index is 12.7. The Morgan fingerprint density at radius 2 is 2.02 bits per heavy atom. The first-order chi connectivity index (χ1) is 19.2. The van der Waals surface area contributed by atoms with Crippen LogP contribution in [-0.2, 0) is 27.7 Å². The Kier molecular flexibility index (Phi) is 11.5. The molecule has 0 saturated carbocycles. The molecule has 2 aromatic heterocycles. The van der Waals surface area contributed by atoms with Crippen molar-refractivity contribution in [1.82, 2.24) is 24.2 Å². The fourth-order valence-corrected chi connectivity index (χ4v) is 6.27. The number of nitrogens with one attached hydrogen (secondary N) is 2. The van der Waals surface area contributed by atoms with E-state index >= 15 is 0 Å². The number of hydrogen-bond acceptors (Lipinski definition) is 11. The molecule has 16 nitrogen and oxygen atoms in total. The van der Waals surface area contributed by atoms with Crippen molar-refractivity contribution in [2.24, 2.45) is 5.92 Å². The number of hydrogen-bond donors (Lipinski definition) is 4. The monoisotopic (exact) mass is 617 g/mol. The number of H-pyrrole nitrogens is 1. The zero-order valence-corrected chi connectivity index (χ0v) is 25.5. The predicted molar refractivity (Wildman–Crippen MR) is 148 cm³/mol. The molecule has 0 aliphatic carbocycles. The fourth-order valence-electron chi connectivity index (χ4n) is 4.17. The summed E-state index contributed by atoms with van der Waals surface area (Å²) in [6.07, 6.45) is -0.862. The zero-order valence-electron chi connectivity index (χ0n) is 23.8. The molecular formula is C23H37N7O9P2. The second-order valence-electron chi connectivity index (χ2n) is 10.2. The molecule has 3 rings (SSSR count). The van der Waals surface area contributed by atoms with Crippen molar-refractivity contribution in [3.05, 3.63) is 16.7 Å². The van der Waals surface area contributed by atoms with Crippen LogP contribution in [0.15, 0.2) is 11.1 Å². The molecule has 3 heterocycles. The summed E-state index contributed by atoms with van der Waals surface area (Å²) in [6, 6.07) is 2.06. The second kappa shape index (κ2) is 14.2. The van der Waals surface area contributed by atoms with Crippen molar-refractivity contribution < 1.29 is 37.5 Å². The third kappa shape index (κ3) is 8.84.